The molecule has 1 heterocycles. The molecule has 0 unspecified atom stereocenters. The Morgan fingerprint density at radius 2 is 1.96 bits per heavy atom. The van der Waals surface area contributed by atoms with E-state index in [1.807, 2.05) is 18.7 Å². The van der Waals surface area contributed by atoms with E-state index in [9.17, 15) is 9.59 Å². The molecule has 24 heavy (non-hydrogen) atoms. The van der Waals surface area contributed by atoms with E-state index in [1.54, 1.807) is 24.3 Å². The van der Waals surface area contributed by atoms with Gasteiger partial charge in [0.05, 0.1) is 13.1 Å². The molecule has 0 aliphatic rings. The van der Waals surface area contributed by atoms with E-state index in [-0.39, 0.29) is 23.5 Å². The molecule has 2 aromatic rings. The van der Waals surface area contributed by atoms with Crippen LogP contribution in [0.5, 0.6) is 0 Å². The highest BCUT2D eigenvalue weighted by Gasteiger charge is 2.18. The summed E-state index contributed by atoms with van der Waals surface area (Å²) in [6, 6.07) is 6.90. The zero-order chi connectivity index (χ0) is 17.7. The van der Waals surface area contributed by atoms with Crippen molar-refractivity contribution in [3.05, 3.63) is 39.3 Å². The number of carbonyl (C=O) groups is 2. The summed E-state index contributed by atoms with van der Waals surface area (Å²) in [4.78, 5) is 25.2. The molecule has 2 rings (SSSR count). The fourth-order valence-corrected chi connectivity index (χ4v) is 2.81. The molecule has 0 radical (unpaired) electrons. The van der Waals surface area contributed by atoms with Crippen molar-refractivity contribution in [3.8, 4) is 0 Å². The zero-order valence-electron chi connectivity index (χ0n) is 13.3. The van der Waals surface area contributed by atoms with Crippen LogP contribution in [0.3, 0.4) is 0 Å². The van der Waals surface area contributed by atoms with Crippen LogP contribution in [0, 0.1) is 0 Å². The summed E-state index contributed by atoms with van der Waals surface area (Å²) < 4.78 is 0. The van der Waals surface area contributed by atoms with Crippen LogP contribution in [-0.2, 0) is 11.3 Å². The van der Waals surface area contributed by atoms with Gasteiger partial charge in [0.2, 0.25) is 10.9 Å². The Kier molecular flexibility index (Phi) is 6.24. The molecule has 9 heteroatoms. The third-order valence-corrected chi connectivity index (χ3v) is 4.35. The van der Waals surface area contributed by atoms with E-state index in [2.05, 4.69) is 15.5 Å². The molecule has 0 bridgehead atoms. The number of nitrogens with zero attached hydrogens (tertiary/aromatic N) is 3. The molecule has 0 spiro atoms. The number of benzene rings is 1. The van der Waals surface area contributed by atoms with E-state index in [4.69, 9.17) is 17.3 Å². The molecule has 0 saturated heterocycles. The summed E-state index contributed by atoms with van der Waals surface area (Å²) >= 11 is 6.99. The number of hydrogen-bond donors (Lipinski definition) is 2. The Hall–Kier alpha value is -2.03. The van der Waals surface area contributed by atoms with Crippen molar-refractivity contribution in [2.75, 3.05) is 11.9 Å². The van der Waals surface area contributed by atoms with Crippen LogP contribution in [0.1, 0.15) is 28.7 Å². The van der Waals surface area contributed by atoms with Crippen molar-refractivity contribution in [2.24, 2.45) is 5.73 Å². The predicted octanol–water partition coefficient (Wildman–Crippen LogP) is 2.14. The second-order valence-electron chi connectivity index (χ2n) is 5.43. The van der Waals surface area contributed by atoms with Crippen molar-refractivity contribution in [1.29, 1.82) is 0 Å². The minimum absolute atomic E-state index is 0.118. The van der Waals surface area contributed by atoms with Crippen LogP contribution in [0.4, 0.5) is 5.69 Å². The minimum Gasteiger partial charge on any atom is -0.369 e. The van der Waals surface area contributed by atoms with Gasteiger partial charge in [-0.25, -0.2) is 0 Å². The number of nitrogens with one attached hydrogen (secondary N) is 1. The van der Waals surface area contributed by atoms with Gasteiger partial charge in [0.25, 0.3) is 5.91 Å². The van der Waals surface area contributed by atoms with Crippen molar-refractivity contribution in [2.45, 2.75) is 26.4 Å². The SMILES string of the molecule is CC(C)N(CC(N)=O)Cc1nnc(C(=O)Nc2ccc(Cl)cc2)s1. The first-order valence-electron chi connectivity index (χ1n) is 7.27. The number of halogens is 1. The van der Waals surface area contributed by atoms with Gasteiger partial charge >= 0.3 is 0 Å². The number of aromatic nitrogens is 2. The Labute approximate surface area is 148 Å². The van der Waals surface area contributed by atoms with Gasteiger partial charge in [0, 0.05) is 16.8 Å². The molecule has 3 N–H and O–H groups in total. The highest BCUT2D eigenvalue weighted by Crippen LogP contribution is 2.17. The predicted molar refractivity (Wildman–Crippen MR) is 94.1 cm³/mol. The van der Waals surface area contributed by atoms with E-state index in [1.165, 1.54) is 11.3 Å². The number of primary amides is 1. The van der Waals surface area contributed by atoms with Crippen molar-refractivity contribution >= 4 is 40.4 Å². The highest BCUT2D eigenvalue weighted by atomic mass is 35.5. The molecule has 2 amide bonds. The Morgan fingerprint density at radius 3 is 2.54 bits per heavy atom. The van der Waals surface area contributed by atoms with Gasteiger partial charge in [-0.1, -0.05) is 22.9 Å². The van der Waals surface area contributed by atoms with Gasteiger partial charge in [-0.15, -0.1) is 10.2 Å². The van der Waals surface area contributed by atoms with Crippen LogP contribution < -0.4 is 11.1 Å². The fourth-order valence-electron chi connectivity index (χ4n) is 1.92. The molecule has 1 aromatic heterocycles. The molecular weight excluding hydrogens is 350 g/mol. The first-order valence-corrected chi connectivity index (χ1v) is 8.46. The summed E-state index contributed by atoms with van der Waals surface area (Å²) in [7, 11) is 0. The summed E-state index contributed by atoms with van der Waals surface area (Å²) in [6.45, 7) is 4.45. The number of carbonyl (C=O) groups excluding carboxylic acids is 2. The molecule has 1 aromatic carbocycles. The van der Waals surface area contributed by atoms with Crippen LogP contribution in [0.25, 0.3) is 0 Å². The van der Waals surface area contributed by atoms with Gasteiger partial charge < -0.3 is 11.1 Å². The zero-order valence-corrected chi connectivity index (χ0v) is 14.9. The lowest BCUT2D eigenvalue weighted by Gasteiger charge is -2.23. The van der Waals surface area contributed by atoms with Gasteiger partial charge in [0.15, 0.2) is 0 Å². The Balaban J connectivity index is 2.02. The maximum atomic E-state index is 12.2. The summed E-state index contributed by atoms with van der Waals surface area (Å²) in [6.07, 6.45) is 0. The first-order chi connectivity index (χ1) is 11.3. The van der Waals surface area contributed by atoms with Crippen LogP contribution in [-0.4, -0.2) is 39.5 Å². The normalized spacial score (nSPS) is 11.0. The van der Waals surface area contributed by atoms with Crippen LogP contribution >= 0.6 is 22.9 Å². The maximum absolute atomic E-state index is 12.2. The average molecular weight is 368 g/mol. The van der Waals surface area contributed by atoms with Crippen molar-refractivity contribution in [1.82, 2.24) is 15.1 Å². The smallest absolute Gasteiger partial charge is 0.286 e. The molecule has 0 fully saturated rings. The Bertz CT molecular complexity index is 717. The average Bonchev–Trinajstić information content (AvgIpc) is 2.97. The minimum atomic E-state index is -0.408. The Morgan fingerprint density at radius 1 is 1.29 bits per heavy atom. The number of rotatable bonds is 7. The molecule has 0 aliphatic carbocycles. The number of anilines is 1. The topological polar surface area (TPSA) is 101 Å². The summed E-state index contributed by atoms with van der Waals surface area (Å²) in [5.74, 6) is -0.749. The third kappa shape index (κ3) is 5.26. The monoisotopic (exact) mass is 367 g/mol. The molecule has 7 nitrogen and oxygen atoms in total. The second-order valence-corrected chi connectivity index (χ2v) is 6.93. The van der Waals surface area contributed by atoms with E-state index in [0.717, 1.165) is 0 Å². The van der Waals surface area contributed by atoms with Crippen LogP contribution in [0.15, 0.2) is 24.3 Å². The molecule has 128 valence electrons. The number of amides is 2. The largest absolute Gasteiger partial charge is 0.369 e. The molecule has 0 atom stereocenters. The maximum Gasteiger partial charge on any atom is 0.286 e. The lowest BCUT2D eigenvalue weighted by Crippen LogP contribution is -2.37. The van der Waals surface area contributed by atoms with Gasteiger partial charge in [-0.2, -0.15) is 0 Å². The standard InChI is InChI=1S/C15H18ClN5O2S/c1-9(2)21(7-12(17)22)8-13-19-20-15(24-13)14(23)18-11-5-3-10(16)4-6-11/h3-6,9H,7-8H2,1-2H3,(H2,17,22)(H,18,23). The third-order valence-electron chi connectivity index (χ3n) is 3.19. The quantitative estimate of drug-likeness (QED) is 0.780. The lowest BCUT2D eigenvalue weighted by atomic mass is 10.3. The van der Waals surface area contributed by atoms with E-state index in [0.29, 0.717) is 22.3 Å². The number of nitrogens with two attached hydrogens (primary N) is 1. The van der Waals surface area contributed by atoms with Gasteiger partial charge in [-0.3, -0.25) is 14.5 Å². The van der Waals surface area contributed by atoms with E-state index >= 15 is 0 Å². The van der Waals surface area contributed by atoms with Gasteiger partial charge in [-0.05, 0) is 38.1 Å². The number of hydrogen-bond acceptors (Lipinski definition) is 6. The van der Waals surface area contributed by atoms with Gasteiger partial charge in [0.1, 0.15) is 5.01 Å². The highest BCUT2D eigenvalue weighted by molar-refractivity contribution is 7.13. The first kappa shape index (κ1) is 18.3. The lowest BCUT2D eigenvalue weighted by molar-refractivity contribution is -0.119. The van der Waals surface area contributed by atoms with Crippen molar-refractivity contribution in [3.63, 3.8) is 0 Å². The molecule has 0 saturated carbocycles. The fraction of sp³-hybridized carbons (Fsp3) is 0.333. The summed E-state index contributed by atoms with van der Waals surface area (Å²) in [5.41, 5.74) is 5.87. The van der Waals surface area contributed by atoms with E-state index < -0.39 is 5.91 Å². The second kappa shape index (κ2) is 8.18. The molecular formula is C15H18ClN5O2S. The molecule has 0 aliphatic heterocycles. The van der Waals surface area contributed by atoms with Crippen molar-refractivity contribution < 1.29 is 9.59 Å². The van der Waals surface area contributed by atoms with Crippen LogP contribution in [0.2, 0.25) is 5.02 Å². The summed E-state index contributed by atoms with van der Waals surface area (Å²) in [5, 5.41) is 12.1.